The summed E-state index contributed by atoms with van der Waals surface area (Å²) in [6.45, 7) is 3.64. The Kier molecular flexibility index (Phi) is 4.52. The molecule has 4 rings (SSSR count). The molecule has 0 bridgehead atoms. The SMILES string of the molecule is Cc1ccccc1-c1noc(-c2ccccc2C(=O)N2CCCCC2)n1. The molecule has 0 N–H and O–H groups in total. The van der Waals surface area contributed by atoms with Gasteiger partial charge >= 0.3 is 0 Å². The van der Waals surface area contributed by atoms with Crippen LogP contribution in [0.15, 0.2) is 53.1 Å². The van der Waals surface area contributed by atoms with Gasteiger partial charge in [-0.15, -0.1) is 0 Å². The number of amides is 1. The first-order valence-electron chi connectivity index (χ1n) is 9.02. The van der Waals surface area contributed by atoms with Crippen molar-refractivity contribution in [1.82, 2.24) is 15.0 Å². The van der Waals surface area contributed by atoms with E-state index in [-0.39, 0.29) is 5.91 Å². The highest BCUT2D eigenvalue weighted by Crippen LogP contribution is 2.27. The van der Waals surface area contributed by atoms with Crippen LogP contribution in [-0.2, 0) is 0 Å². The number of carbonyl (C=O) groups is 1. The standard InChI is InChI=1S/C21H21N3O2/c1-15-9-3-4-10-16(15)19-22-20(26-23-19)17-11-5-6-12-18(17)21(25)24-13-7-2-8-14-24/h3-6,9-12H,2,7-8,13-14H2,1H3. The fraction of sp³-hybridized carbons (Fsp3) is 0.286. The molecule has 3 aromatic rings. The zero-order valence-corrected chi connectivity index (χ0v) is 14.8. The molecule has 0 spiro atoms. The summed E-state index contributed by atoms with van der Waals surface area (Å²) in [4.78, 5) is 19.4. The average Bonchev–Trinajstić information content (AvgIpc) is 3.18. The van der Waals surface area contributed by atoms with E-state index in [0.29, 0.717) is 22.8 Å². The lowest BCUT2D eigenvalue weighted by Crippen LogP contribution is -2.35. The smallest absolute Gasteiger partial charge is 0.259 e. The maximum Gasteiger partial charge on any atom is 0.259 e. The number of aryl methyl sites for hydroxylation is 1. The molecule has 1 aliphatic rings. The molecule has 0 unspecified atom stereocenters. The second-order valence-corrected chi connectivity index (χ2v) is 6.64. The third-order valence-corrected chi connectivity index (χ3v) is 4.84. The fourth-order valence-corrected chi connectivity index (χ4v) is 3.39. The summed E-state index contributed by atoms with van der Waals surface area (Å²) in [5.41, 5.74) is 3.32. The van der Waals surface area contributed by atoms with Crippen molar-refractivity contribution < 1.29 is 9.32 Å². The van der Waals surface area contributed by atoms with Gasteiger partial charge in [-0.25, -0.2) is 0 Å². The van der Waals surface area contributed by atoms with Gasteiger partial charge in [-0.3, -0.25) is 4.79 Å². The topological polar surface area (TPSA) is 59.2 Å². The highest BCUT2D eigenvalue weighted by Gasteiger charge is 2.23. The van der Waals surface area contributed by atoms with Gasteiger partial charge in [0.2, 0.25) is 5.82 Å². The van der Waals surface area contributed by atoms with Gasteiger partial charge < -0.3 is 9.42 Å². The summed E-state index contributed by atoms with van der Waals surface area (Å²) in [6.07, 6.45) is 3.31. The summed E-state index contributed by atoms with van der Waals surface area (Å²) in [5.74, 6) is 0.957. The summed E-state index contributed by atoms with van der Waals surface area (Å²) in [7, 11) is 0. The van der Waals surface area contributed by atoms with Gasteiger partial charge in [-0.2, -0.15) is 4.98 Å². The molecule has 0 saturated carbocycles. The molecule has 2 heterocycles. The Morgan fingerprint density at radius 3 is 2.42 bits per heavy atom. The Bertz CT molecular complexity index is 926. The predicted molar refractivity (Wildman–Crippen MR) is 99.7 cm³/mol. The molecule has 1 fully saturated rings. The van der Waals surface area contributed by atoms with Gasteiger partial charge in [0.15, 0.2) is 0 Å². The summed E-state index contributed by atoms with van der Waals surface area (Å²) < 4.78 is 5.51. The van der Waals surface area contributed by atoms with Gasteiger partial charge in [0.25, 0.3) is 11.8 Å². The molecule has 5 heteroatoms. The molecule has 1 saturated heterocycles. The molecule has 1 aliphatic heterocycles. The van der Waals surface area contributed by atoms with Crippen LogP contribution in [0.5, 0.6) is 0 Å². The van der Waals surface area contributed by atoms with Gasteiger partial charge in [0.1, 0.15) is 0 Å². The van der Waals surface area contributed by atoms with Crippen molar-refractivity contribution in [3.8, 4) is 22.8 Å². The molecule has 1 aromatic heterocycles. The quantitative estimate of drug-likeness (QED) is 0.707. The normalized spacial score (nSPS) is 14.4. The third-order valence-electron chi connectivity index (χ3n) is 4.84. The predicted octanol–water partition coefficient (Wildman–Crippen LogP) is 4.34. The van der Waals surface area contributed by atoms with E-state index in [0.717, 1.165) is 37.1 Å². The lowest BCUT2D eigenvalue weighted by atomic mass is 10.0. The van der Waals surface area contributed by atoms with Crippen molar-refractivity contribution in [2.24, 2.45) is 0 Å². The number of rotatable bonds is 3. The molecule has 5 nitrogen and oxygen atoms in total. The minimum Gasteiger partial charge on any atom is -0.339 e. The molecule has 1 amide bonds. The van der Waals surface area contributed by atoms with E-state index in [1.807, 2.05) is 60.4 Å². The molecular weight excluding hydrogens is 326 g/mol. The van der Waals surface area contributed by atoms with Crippen LogP contribution in [-0.4, -0.2) is 34.0 Å². The van der Waals surface area contributed by atoms with E-state index in [2.05, 4.69) is 10.1 Å². The number of carbonyl (C=O) groups excluding carboxylic acids is 1. The van der Waals surface area contributed by atoms with Gasteiger partial charge in [0.05, 0.1) is 11.1 Å². The van der Waals surface area contributed by atoms with Crippen LogP contribution in [0.25, 0.3) is 22.8 Å². The molecule has 132 valence electrons. The van der Waals surface area contributed by atoms with Crippen LogP contribution >= 0.6 is 0 Å². The Labute approximate surface area is 152 Å². The zero-order chi connectivity index (χ0) is 17.9. The first kappa shape index (κ1) is 16.5. The molecular formula is C21H21N3O2. The second kappa shape index (κ2) is 7.12. The van der Waals surface area contributed by atoms with Crippen molar-refractivity contribution in [3.05, 3.63) is 59.7 Å². The maximum atomic E-state index is 13.0. The molecule has 26 heavy (non-hydrogen) atoms. The van der Waals surface area contributed by atoms with Crippen molar-refractivity contribution in [3.63, 3.8) is 0 Å². The van der Waals surface area contributed by atoms with Crippen LogP contribution < -0.4 is 0 Å². The van der Waals surface area contributed by atoms with E-state index in [9.17, 15) is 4.79 Å². The molecule has 2 aromatic carbocycles. The number of nitrogens with zero attached hydrogens (tertiary/aromatic N) is 3. The Morgan fingerprint density at radius 1 is 0.962 bits per heavy atom. The minimum absolute atomic E-state index is 0.0379. The van der Waals surface area contributed by atoms with Crippen molar-refractivity contribution in [1.29, 1.82) is 0 Å². The lowest BCUT2D eigenvalue weighted by Gasteiger charge is -2.27. The van der Waals surface area contributed by atoms with E-state index in [4.69, 9.17) is 4.52 Å². The number of benzene rings is 2. The monoisotopic (exact) mass is 347 g/mol. The van der Waals surface area contributed by atoms with E-state index >= 15 is 0 Å². The lowest BCUT2D eigenvalue weighted by molar-refractivity contribution is 0.0725. The highest BCUT2D eigenvalue weighted by atomic mass is 16.5. The summed E-state index contributed by atoms with van der Waals surface area (Å²) in [5, 5.41) is 4.13. The number of likely N-dealkylation sites (tertiary alicyclic amines) is 1. The second-order valence-electron chi connectivity index (χ2n) is 6.64. The first-order valence-corrected chi connectivity index (χ1v) is 9.02. The number of hydrogen-bond acceptors (Lipinski definition) is 4. The molecule has 0 atom stereocenters. The summed E-state index contributed by atoms with van der Waals surface area (Å²) >= 11 is 0. The van der Waals surface area contributed by atoms with E-state index in [1.165, 1.54) is 6.42 Å². The Morgan fingerprint density at radius 2 is 1.65 bits per heavy atom. The van der Waals surface area contributed by atoms with Crippen LogP contribution in [0.2, 0.25) is 0 Å². The van der Waals surface area contributed by atoms with Crippen LogP contribution in [0.1, 0.15) is 35.2 Å². The van der Waals surface area contributed by atoms with Crippen LogP contribution in [0.4, 0.5) is 0 Å². The maximum absolute atomic E-state index is 13.0. The minimum atomic E-state index is 0.0379. The summed E-state index contributed by atoms with van der Waals surface area (Å²) in [6, 6.07) is 15.4. The van der Waals surface area contributed by atoms with E-state index < -0.39 is 0 Å². The first-order chi connectivity index (χ1) is 12.7. The van der Waals surface area contributed by atoms with Gasteiger partial charge in [0, 0.05) is 18.7 Å². The third kappa shape index (κ3) is 3.12. The van der Waals surface area contributed by atoms with E-state index in [1.54, 1.807) is 0 Å². The number of hydrogen-bond donors (Lipinski definition) is 0. The average molecular weight is 347 g/mol. The van der Waals surface area contributed by atoms with Crippen LogP contribution in [0, 0.1) is 6.92 Å². The largest absolute Gasteiger partial charge is 0.339 e. The van der Waals surface area contributed by atoms with Gasteiger partial charge in [-0.05, 0) is 43.9 Å². The number of piperidine rings is 1. The van der Waals surface area contributed by atoms with Crippen molar-refractivity contribution >= 4 is 5.91 Å². The number of aromatic nitrogens is 2. The highest BCUT2D eigenvalue weighted by molar-refractivity contribution is 6.00. The fourth-order valence-electron chi connectivity index (χ4n) is 3.39. The molecule has 0 radical (unpaired) electrons. The van der Waals surface area contributed by atoms with Crippen LogP contribution in [0.3, 0.4) is 0 Å². The van der Waals surface area contributed by atoms with Gasteiger partial charge in [-0.1, -0.05) is 41.6 Å². The zero-order valence-electron chi connectivity index (χ0n) is 14.8. The van der Waals surface area contributed by atoms with Crippen molar-refractivity contribution in [2.45, 2.75) is 26.2 Å². The molecule has 0 aliphatic carbocycles. The van der Waals surface area contributed by atoms with Crippen molar-refractivity contribution in [2.75, 3.05) is 13.1 Å². The Balaban J connectivity index is 1.69. The Hall–Kier alpha value is -2.95.